The van der Waals surface area contributed by atoms with Crippen LogP contribution < -0.4 is 5.43 Å². The summed E-state index contributed by atoms with van der Waals surface area (Å²) in [6.45, 7) is 8.64. The predicted molar refractivity (Wildman–Crippen MR) is 36.6 cm³/mol. The second-order valence-electron chi connectivity index (χ2n) is 1.36. The zero-order chi connectivity index (χ0) is 6.41. The quantitative estimate of drug-likeness (QED) is 0.330. The smallest absolute Gasteiger partial charge is 0.0304 e. The molecule has 8 heavy (non-hydrogen) atoms. The Morgan fingerprint density at radius 1 is 1.75 bits per heavy atom. The van der Waals surface area contributed by atoms with E-state index >= 15 is 0 Å². The molecule has 1 N–H and O–H groups in total. The summed E-state index contributed by atoms with van der Waals surface area (Å²) in [6, 6.07) is 0. The van der Waals surface area contributed by atoms with Crippen LogP contribution in [0.2, 0.25) is 0 Å². The molecule has 0 atom stereocenters. The predicted octanol–water partition coefficient (Wildman–Crippen LogP) is 1.28. The van der Waals surface area contributed by atoms with Gasteiger partial charge in [0.15, 0.2) is 0 Å². The van der Waals surface area contributed by atoms with Gasteiger partial charge in [0.2, 0.25) is 0 Å². The fourth-order valence-corrected chi connectivity index (χ4v) is 0.339. The molecule has 0 aliphatic carbocycles. The lowest BCUT2D eigenvalue weighted by Crippen LogP contribution is -1.98. The Hall–Kier alpha value is -1.05. The summed E-state index contributed by atoms with van der Waals surface area (Å²) in [7, 11) is 0. The number of hydrogen-bond acceptors (Lipinski definition) is 2. The largest absolute Gasteiger partial charge is 0.284 e. The fraction of sp³-hybridized carbons (Fsp3) is 0.167. The third-order valence-electron chi connectivity index (χ3n) is 0.623. The van der Waals surface area contributed by atoms with Crippen LogP contribution in [0.3, 0.4) is 0 Å². The summed E-state index contributed by atoms with van der Waals surface area (Å²) >= 11 is 0. The van der Waals surface area contributed by atoms with Crippen LogP contribution in [0, 0.1) is 0 Å². The third-order valence-corrected chi connectivity index (χ3v) is 0.623. The molecule has 0 rings (SSSR count). The fourth-order valence-electron chi connectivity index (χ4n) is 0.339. The molecule has 0 radical (unpaired) electrons. The minimum absolute atomic E-state index is 0.940. The van der Waals surface area contributed by atoms with E-state index in [1.165, 1.54) is 0 Å². The van der Waals surface area contributed by atoms with Gasteiger partial charge in [-0.3, -0.25) is 5.43 Å². The maximum atomic E-state index is 3.50. The van der Waals surface area contributed by atoms with Crippen molar-refractivity contribution >= 4 is 6.72 Å². The topological polar surface area (TPSA) is 24.4 Å². The monoisotopic (exact) mass is 110 g/mol. The molecule has 0 aromatic rings. The number of allylic oxidation sites excluding steroid dienone is 3. The van der Waals surface area contributed by atoms with Gasteiger partial charge in [-0.05, 0) is 13.0 Å². The first-order valence-electron chi connectivity index (χ1n) is 2.32. The van der Waals surface area contributed by atoms with Gasteiger partial charge in [0.05, 0.1) is 0 Å². The van der Waals surface area contributed by atoms with Crippen LogP contribution >= 0.6 is 0 Å². The van der Waals surface area contributed by atoms with E-state index in [-0.39, 0.29) is 0 Å². The average molecular weight is 110 g/mol. The van der Waals surface area contributed by atoms with Crippen LogP contribution in [-0.4, -0.2) is 6.72 Å². The molecule has 0 aliphatic rings. The zero-order valence-electron chi connectivity index (χ0n) is 5.02. The Morgan fingerprint density at radius 2 is 2.38 bits per heavy atom. The molecule has 0 fully saturated rings. The van der Waals surface area contributed by atoms with Crippen LogP contribution in [0.5, 0.6) is 0 Å². The van der Waals surface area contributed by atoms with Gasteiger partial charge in [-0.1, -0.05) is 12.7 Å². The van der Waals surface area contributed by atoms with Crippen LogP contribution in [-0.2, 0) is 0 Å². The van der Waals surface area contributed by atoms with Gasteiger partial charge in [-0.25, -0.2) is 0 Å². The van der Waals surface area contributed by atoms with Gasteiger partial charge in [0, 0.05) is 12.4 Å². The number of nitrogens with zero attached hydrogens (tertiary/aromatic N) is 1. The summed E-state index contributed by atoms with van der Waals surface area (Å²) < 4.78 is 0. The van der Waals surface area contributed by atoms with E-state index in [0.29, 0.717) is 0 Å². The maximum Gasteiger partial charge on any atom is 0.0304 e. The van der Waals surface area contributed by atoms with Crippen LogP contribution in [0.15, 0.2) is 29.5 Å². The van der Waals surface area contributed by atoms with Gasteiger partial charge in [0.25, 0.3) is 0 Å². The van der Waals surface area contributed by atoms with E-state index in [4.69, 9.17) is 0 Å². The van der Waals surface area contributed by atoms with E-state index in [1.807, 2.05) is 13.0 Å². The molecule has 0 aliphatic heterocycles. The highest BCUT2D eigenvalue weighted by atomic mass is 15.3. The lowest BCUT2D eigenvalue weighted by atomic mass is 10.4. The van der Waals surface area contributed by atoms with Crippen molar-refractivity contribution in [3.8, 4) is 0 Å². The van der Waals surface area contributed by atoms with Crippen molar-refractivity contribution in [3.63, 3.8) is 0 Å². The Morgan fingerprint density at radius 3 is 2.75 bits per heavy atom. The minimum atomic E-state index is 0.940. The highest BCUT2D eigenvalue weighted by molar-refractivity contribution is 5.23. The lowest BCUT2D eigenvalue weighted by molar-refractivity contribution is 0.898. The average Bonchev–Trinajstić information content (AvgIpc) is 1.68. The molecule has 0 saturated carbocycles. The van der Waals surface area contributed by atoms with E-state index in [0.717, 1.165) is 5.70 Å². The second-order valence-corrected chi connectivity index (χ2v) is 1.36. The molecule has 0 aromatic heterocycles. The van der Waals surface area contributed by atoms with Crippen molar-refractivity contribution in [1.82, 2.24) is 5.43 Å². The third kappa shape index (κ3) is 3.15. The van der Waals surface area contributed by atoms with E-state index in [1.54, 1.807) is 6.08 Å². The number of rotatable bonds is 3. The summed E-state index contributed by atoms with van der Waals surface area (Å²) in [4.78, 5) is 0. The highest BCUT2D eigenvalue weighted by Gasteiger charge is 1.75. The van der Waals surface area contributed by atoms with Crippen LogP contribution in [0.4, 0.5) is 0 Å². The van der Waals surface area contributed by atoms with Gasteiger partial charge in [-0.2, -0.15) is 5.10 Å². The first kappa shape index (κ1) is 6.95. The summed E-state index contributed by atoms with van der Waals surface area (Å²) in [6.07, 6.45) is 3.50. The molecule has 2 nitrogen and oxygen atoms in total. The van der Waals surface area contributed by atoms with Gasteiger partial charge < -0.3 is 0 Å². The molecule has 0 aromatic carbocycles. The van der Waals surface area contributed by atoms with Crippen molar-refractivity contribution in [1.29, 1.82) is 0 Å². The molecule has 0 amide bonds. The Kier molecular flexibility index (Phi) is 3.58. The molecule has 0 bridgehead atoms. The number of nitrogens with one attached hydrogen (secondary N) is 1. The van der Waals surface area contributed by atoms with Crippen molar-refractivity contribution < 1.29 is 0 Å². The SMILES string of the molecule is C=C/C=C(\C)NN=C. The minimum Gasteiger partial charge on any atom is -0.284 e. The van der Waals surface area contributed by atoms with E-state index in [2.05, 4.69) is 23.8 Å². The van der Waals surface area contributed by atoms with Crippen LogP contribution in [0.25, 0.3) is 0 Å². The molecule has 2 heteroatoms. The van der Waals surface area contributed by atoms with Gasteiger partial charge >= 0.3 is 0 Å². The summed E-state index contributed by atoms with van der Waals surface area (Å²) in [5.41, 5.74) is 3.59. The summed E-state index contributed by atoms with van der Waals surface area (Å²) in [5.74, 6) is 0. The molecular weight excluding hydrogens is 100 g/mol. The Bertz CT molecular complexity index is 114. The van der Waals surface area contributed by atoms with Crippen LogP contribution in [0.1, 0.15) is 6.92 Å². The highest BCUT2D eigenvalue weighted by Crippen LogP contribution is 1.83. The molecule has 44 valence electrons. The number of hydrazone groups is 1. The van der Waals surface area contributed by atoms with Gasteiger partial charge in [0.1, 0.15) is 0 Å². The molecular formula is C6H10N2. The summed E-state index contributed by atoms with van der Waals surface area (Å²) in [5, 5.41) is 3.44. The normalized spacial score (nSPS) is 10.4. The number of hydrogen-bond donors (Lipinski definition) is 1. The Balaban J connectivity index is 3.60. The first-order chi connectivity index (χ1) is 3.81. The molecule has 0 unspecified atom stereocenters. The second kappa shape index (κ2) is 4.12. The van der Waals surface area contributed by atoms with E-state index in [9.17, 15) is 0 Å². The zero-order valence-corrected chi connectivity index (χ0v) is 5.02. The Labute approximate surface area is 49.6 Å². The lowest BCUT2D eigenvalue weighted by Gasteiger charge is -1.93. The van der Waals surface area contributed by atoms with Crippen molar-refractivity contribution in [2.75, 3.05) is 0 Å². The first-order valence-corrected chi connectivity index (χ1v) is 2.32. The van der Waals surface area contributed by atoms with Crippen molar-refractivity contribution in [3.05, 3.63) is 24.4 Å². The van der Waals surface area contributed by atoms with E-state index < -0.39 is 0 Å². The maximum absolute atomic E-state index is 3.50. The molecule has 0 heterocycles. The van der Waals surface area contributed by atoms with Gasteiger partial charge in [-0.15, -0.1) is 0 Å². The molecule has 0 spiro atoms. The van der Waals surface area contributed by atoms with Crippen molar-refractivity contribution in [2.45, 2.75) is 6.92 Å². The molecule has 0 saturated heterocycles. The van der Waals surface area contributed by atoms with Crippen molar-refractivity contribution in [2.24, 2.45) is 5.10 Å². The standard InChI is InChI=1S/C6H10N2/c1-4-5-6(2)8-7-3/h4-5,8H,1,3H2,2H3/b6-5+.